The molecule has 1 aliphatic rings. The second-order valence-electron chi connectivity index (χ2n) is 6.63. The third-order valence-electron chi connectivity index (χ3n) is 4.71. The van der Waals surface area contributed by atoms with Gasteiger partial charge in [-0.05, 0) is 29.8 Å². The molecule has 1 unspecified atom stereocenters. The Morgan fingerprint density at radius 2 is 1.62 bits per heavy atom. The molecule has 0 saturated heterocycles. The summed E-state index contributed by atoms with van der Waals surface area (Å²) in [5.41, 5.74) is -0.462. The number of hydroxylamine groups is 2. The van der Waals surface area contributed by atoms with E-state index in [1.165, 1.54) is 18.2 Å². The predicted octanol–water partition coefficient (Wildman–Crippen LogP) is 4.79. The van der Waals surface area contributed by atoms with Crippen LogP contribution in [-0.4, -0.2) is 16.1 Å². The highest BCUT2D eigenvalue weighted by atomic mass is 79.9. The van der Waals surface area contributed by atoms with Gasteiger partial charge in [-0.2, -0.15) is 5.06 Å². The molecule has 0 aliphatic carbocycles. The van der Waals surface area contributed by atoms with E-state index in [4.69, 9.17) is 4.84 Å². The van der Waals surface area contributed by atoms with Gasteiger partial charge in [0.25, 0.3) is 5.91 Å². The van der Waals surface area contributed by atoms with E-state index in [0.29, 0.717) is 5.56 Å². The summed E-state index contributed by atoms with van der Waals surface area (Å²) < 4.78 is 15.2. The van der Waals surface area contributed by atoms with Gasteiger partial charge in [0.1, 0.15) is 12.4 Å². The maximum absolute atomic E-state index is 14.4. The number of hydrogen-bond donors (Lipinski definition) is 1. The first-order valence-electron chi connectivity index (χ1n) is 8.96. The average molecular weight is 454 g/mol. The first kappa shape index (κ1) is 19.5. The maximum atomic E-state index is 14.4. The number of nitrogens with zero attached hydrogens (tertiary/aromatic N) is 1. The van der Waals surface area contributed by atoms with Crippen molar-refractivity contribution >= 4 is 27.4 Å². The molecular weight excluding hydrogens is 437 g/mol. The Kier molecular flexibility index (Phi) is 5.32. The van der Waals surface area contributed by atoms with Crippen LogP contribution in [0.3, 0.4) is 0 Å². The number of halogens is 2. The van der Waals surface area contributed by atoms with Crippen LogP contribution >= 0.6 is 15.9 Å². The quantitative estimate of drug-likeness (QED) is 0.603. The normalized spacial score (nSPS) is 18.8. The van der Waals surface area contributed by atoms with Gasteiger partial charge < -0.3 is 5.11 Å². The van der Waals surface area contributed by atoms with Crippen molar-refractivity contribution in [1.29, 1.82) is 0 Å². The van der Waals surface area contributed by atoms with Crippen molar-refractivity contribution in [2.45, 2.75) is 12.3 Å². The van der Waals surface area contributed by atoms with Gasteiger partial charge in [0.15, 0.2) is 0 Å². The summed E-state index contributed by atoms with van der Waals surface area (Å²) in [5, 5.41) is 12.4. The van der Waals surface area contributed by atoms with Gasteiger partial charge in [-0.15, -0.1) is 0 Å². The Morgan fingerprint density at radius 3 is 2.31 bits per heavy atom. The third-order valence-corrected chi connectivity index (χ3v) is 5.24. The molecule has 3 aromatic carbocycles. The first-order chi connectivity index (χ1) is 14.0. The summed E-state index contributed by atoms with van der Waals surface area (Å²) in [4.78, 5) is 18.9. The van der Waals surface area contributed by atoms with E-state index in [0.717, 1.165) is 15.1 Å². The van der Waals surface area contributed by atoms with E-state index in [9.17, 15) is 14.3 Å². The fraction of sp³-hybridized carbons (Fsp3) is 0.0870. The van der Waals surface area contributed by atoms with E-state index in [2.05, 4.69) is 15.9 Å². The molecule has 0 fully saturated rings. The second-order valence-corrected chi connectivity index (χ2v) is 7.55. The van der Waals surface area contributed by atoms with Crippen LogP contribution in [0, 0.1) is 5.82 Å². The fourth-order valence-electron chi connectivity index (χ4n) is 3.22. The molecule has 1 heterocycles. The fourth-order valence-corrected chi connectivity index (χ4v) is 3.49. The molecule has 4 rings (SSSR count). The summed E-state index contributed by atoms with van der Waals surface area (Å²) >= 11 is 3.36. The lowest BCUT2D eigenvalue weighted by Crippen LogP contribution is -2.43. The maximum Gasteiger partial charge on any atom is 0.281 e. The monoisotopic (exact) mass is 453 g/mol. The number of hydrogen-bond acceptors (Lipinski definition) is 3. The summed E-state index contributed by atoms with van der Waals surface area (Å²) in [6, 6.07) is 22.1. The van der Waals surface area contributed by atoms with E-state index in [1.807, 2.05) is 30.3 Å². The Balaban J connectivity index is 1.75. The molecule has 3 aromatic rings. The van der Waals surface area contributed by atoms with E-state index < -0.39 is 17.4 Å². The summed E-state index contributed by atoms with van der Waals surface area (Å²) in [7, 11) is 0. The molecule has 1 amide bonds. The Morgan fingerprint density at radius 1 is 0.966 bits per heavy atom. The topological polar surface area (TPSA) is 49.8 Å². The van der Waals surface area contributed by atoms with Crippen LogP contribution in [0.4, 0.5) is 4.39 Å². The lowest BCUT2D eigenvalue weighted by molar-refractivity contribution is -0.262. The van der Waals surface area contributed by atoms with Crippen LogP contribution in [0.5, 0.6) is 0 Å². The van der Waals surface area contributed by atoms with E-state index in [1.54, 1.807) is 36.4 Å². The predicted molar refractivity (Wildman–Crippen MR) is 110 cm³/mol. The molecule has 0 spiro atoms. The van der Waals surface area contributed by atoms with E-state index in [-0.39, 0.29) is 17.7 Å². The highest BCUT2D eigenvalue weighted by molar-refractivity contribution is 9.10. The Labute approximate surface area is 175 Å². The Hall–Kier alpha value is -2.80. The van der Waals surface area contributed by atoms with Crippen molar-refractivity contribution in [2.75, 3.05) is 0 Å². The minimum atomic E-state index is -1.87. The van der Waals surface area contributed by atoms with Crippen molar-refractivity contribution in [3.8, 4) is 0 Å². The molecular formula is C23H17BrFNO3. The number of carbonyl (C=O) groups is 1. The summed E-state index contributed by atoms with van der Waals surface area (Å²) in [6.45, 7) is 0.0732. The van der Waals surface area contributed by atoms with Crippen LogP contribution in [0.2, 0.25) is 0 Å². The number of rotatable bonds is 5. The SMILES string of the molecule is O=C1C(c2ccccc2F)=CC(O)(c2ccc(Br)cc2)N1OCc1ccccc1. The van der Waals surface area contributed by atoms with Crippen LogP contribution in [0.1, 0.15) is 16.7 Å². The molecule has 29 heavy (non-hydrogen) atoms. The van der Waals surface area contributed by atoms with Gasteiger partial charge in [0.05, 0.1) is 5.57 Å². The number of aliphatic hydroxyl groups is 1. The smallest absolute Gasteiger partial charge is 0.281 e. The zero-order chi connectivity index (χ0) is 20.4. The molecule has 0 bridgehead atoms. The van der Waals surface area contributed by atoms with Crippen LogP contribution in [0.15, 0.2) is 89.4 Å². The minimum Gasteiger partial charge on any atom is -0.362 e. The van der Waals surface area contributed by atoms with Crippen molar-refractivity contribution < 1.29 is 19.1 Å². The molecule has 4 nitrogen and oxygen atoms in total. The lowest BCUT2D eigenvalue weighted by Gasteiger charge is -2.32. The van der Waals surface area contributed by atoms with Gasteiger partial charge >= 0.3 is 0 Å². The Bertz CT molecular complexity index is 1070. The zero-order valence-corrected chi connectivity index (χ0v) is 16.8. The molecule has 146 valence electrons. The molecule has 0 radical (unpaired) electrons. The largest absolute Gasteiger partial charge is 0.362 e. The lowest BCUT2D eigenvalue weighted by atomic mass is 10.0. The van der Waals surface area contributed by atoms with Gasteiger partial charge in [-0.25, -0.2) is 4.39 Å². The van der Waals surface area contributed by atoms with Gasteiger partial charge in [-0.3, -0.25) is 9.63 Å². The first-order valence-corrected chi connectivity index (χ1v) is 9.76. The minimum absolute atomic E-state index is 0.0431. The number of amides is 1. The van der Waals surface area contributed by atoms with E-state index >= 15 is 0 Å². The molecule has 1 atom stereocenters. The molecule has 0 aromatic heterocycles. The van der Waals surface area contributed by atoms with Crippen LogP contribution in [-0.2, 0) is 22.0 Å². The van der Waals surface area contributed by atoms with Crippen molar-refractivity contribution in [3.05, 3.63) is 112 Å². The summed E-state index contributed by atoms with van der Waals surface area (Å²) in [5.74, 6) is -1.16. The van der Waals surface area contributed by atoms with Gasteiger partial charge in [0.2, 0.25) is 5.72 Å². The van der Waals surface area contributed by atoms with Crippen molar-refractivity contribution in [2.24, 2.45) is 0 Å². The highest BCUT2D eigenvalue weighted by Gasteiger charge is 2.47. The van der Waals surface area contributed by atoms with Crippen molar-refractivity contribution in [1.82, 2.24) is 5.06 Å². The highest BCUT2D eigenvalue weighted by Crippen LogP contribution is 2.40. The standard InChI is InChI=1S/C23H17BrFNO3/c24-18-12-10-17(11-13-18)23(28)14-20(19-8-4-5-9-21(19)25)22(27)26(23)29-15-16-6-2-1-3-7-16/h1-14,28H,15H2. The van der Waals surface area contributed by atoms with Gasteiger partial charge in [0, 0.05) is 15.6 Å². The zero-order valence-electron chi connectivity index (χ0n) is 15.3. The molecule has 1 aliphatic heterocycles. The second kappa shape index (κ2) is 7.91. The third kappa shape index (κ3) is 3.74. The van der Waals surface area contributed by atoms with Crippen LogP contribution in [0.25, 0.3) is 5.57 Å². The molecule has 6 heteroatoms. The van der Waals surface area contributed by atoms with Crippen LogP contribution < -0.4 is 0 Å². The van der Waals surface area contributed by atoms with Gasteiger partial charge in [-0.1, -0.05) is 76.6 Å². The molecule has 0 saturated carbocycles. The average Bonchev–Trinajstić information content (AvgIpc) is 2.99. The van der Waals surface area contributed by atoms with Crippen molar-refractivity contribution in [3.63, 3.8) is 0 Å². The number of carbonyl (C=O) groups excluding carboxylic acids is 1. The number of benzene rings is 3. The summed E-state index contributed by atoms with van der Waals surface area (Å²) in [6.07, 6.45) is 1.34. The molecule has 1 N–H and O–H groups in total.